The molecule has 3 aromatic rings. The zero-order chi connectivity index (χ0) is 12.7. The Bertz CT molecular complexity index is 692. The van der Waals surface area contributed by atoms with E-state index in [0.717, 1.165) is 11.4 Å². The monoisotopic (exact) mass is 256 g/mol. The van der Waals surface area contributed by atoms with Gasteiger partial charge in [0.05, 0.1) is 11.4 Å². The summed E-state index contributed by atoms with van der Waals surface area (Å²) in [5.74, 6) is 0. The number of aromatic nitrogens is 2. The number of hydrogen-bond donors (Lipinski definition) is 0. The van der Waals surface area contributed by atoms with Crippen molar-refractivity contribution in [3.05, 3.63) is 46.6 Å². The Hall–Kier alpha value is -1.61. The average molecular weight is 256 g/mol. The largest absolute Gasteiger partial charge is 0.287 e. The van der Waals surface area contributed by atoms with Gasteiger partial charge < -0.3 is 0 Å². The van der Waals surface area contributed by atoms with E-state index in [9.17, 15) is 0 Å². The van der Waals surface area contributed by atoms with Crippen molar-refractivity contribution in [1.29, 1.82) is 0 Å². The van der Waals surface area contributed by atoms with Gasteiger partial charge in [-0.2, -0.15) is 0 Å². The first-order chi connectivity index (χ1) is 8.72. The van der Waals surface area contributed by atoms with Gasteiger partial charge in [0, 0.05) is 16.1 Å². The number of aryl methyl sites for hydroxylation is 3. The molecule has 0 unspecified atom stereocenters. The fourth-order valence-electron chi connectivity index (χ4n) is 2.33. The molecule has 0 N–H and O–H groups in total. The van der Waals surface area contributed by atoms with Crippen molar-refractivity contribution in [2.45, 2.75) is 27.2 Å². The molecule has 1 aromatic carbocycles. The molecule has 2 nitrogen and oxygen atoms in total. The first-order valence-electron chi connectivity index (χ1n) is 6.25. The third-order valence-electron chi connectivity index (χ3n) is 3.39. The summed E-state index contributed by atoms with van der Waals surface area (Å²) in [6.45, 7) is 6.50. The smallest absolute Gasteiger partial charge is 0.194 e. The van der Waals surface area contributed by atoms with E-state index in [-0.39, 0.29) is 0 Å². The molecular formula is C15H16N2S. The van der Waals surface area contributed by atoms with Gasteiger partial charge in [0.1, 0.15) is 0 Å². The molecule has 0 aliphatic heterocycles. The maximum atomic E-state index is 4.77. The maximum Gasteiger partial charge on any atom is 0.194 e. The van der Waals surface area contributed by atoms with Crippen molar-refractivity contribution in [3.8, 4) is 11.3 Å². The molecule has 0 fully saturated rings. The van der Waals surface area contributed by atoms with Gasteiger partial charge in [0.2, 0.25) is 0 Å². The van der Waals surface area contributed by atoms with E-state index >= 15 is 0 Å². The number of hydrogen-bond acceptors (Lipinski definition) is 2. The Morgan fingerprint density at radius 1 is 1.17 bits per heavy atom. The molecule has 3 rings (SSSR count). The van der Waals surface area contributed by atoms with Crippen molar-refractivity contribution in [1.82, 2.24) is 9.38 Å². The molecule has 0 spiro atoms. The summed E-state index contributed by atoms with van der Waals surface area (Å²) < 4.78 is 2.30. The SMILES string of the molecule is CCc1nc2sc(C)c(C)n2c1-c1ccccc1. The Morgan fingerprint density at radius 2 is 1.89 bits per heavy atom. The number of fused-ring (bicyclic) bond motifs is 1. The van der Waals surface area contributed by atoms with Gasteiger partial charge in [0.25, 0.3) is 0 Å². The van der Waals surface area contributed by atoms with Crippen LogP contribution in [0.3, 0.4) is 0 Å². The zero-order valence-electron chi connectivity index (χ0n) is 10.9. The number of thiazole rings is 1. The van der Waals surface area contributed by atoms with Crippen molar-refractivity contribution >= 4 is 16.3 Å². The number of imidazole rings is 1. The Labute approximate surface area is 111 Å². The van der Waals surface area contributed by atoms with Crippen LogP contribution in [0.15, 0.2) is 30.3 Å². The minimum atomic E-state index is 0.969. The van der Waals surface area contributed by atoms with E-state index in [0.29, 0.717) is 0 Å². The summed E-state index contributed by atoms with van der Waals surface area (Å²) in [5.41, 5.74) is 5.01. The predicted octanol–water partition coefficient (Wildman–Crippen LogP) is 4.24. The van der Waals surface area contributed by atoms with Crippen LogP contribution in [0.2, 0.25) is 0 Å². The summed E-state index contributed by atoms with van der Waals surface area (Å²) in [6.07, 6.45) is 0.969. The fourth-order valence-corrected chi connectivity index (χ4v) is 3.32. The van der Waals surface area contributed by atoms with Gasteiger partial charge >= 0.3 is 0 Å². The number of nitrogens with zero attached hydrogens (tertiary/aromatic N) is 2. The third kappa shape index (κ3) is 1.58. The first kappa shape index (κ1) is 11.5. The summed E-state index contributed by atoms with van der Waals surface area (Å²) in [4.78, 5) is 7.23. The third-order valence-corrected chi connectivity index (χ3v) is 4.45. The second kappa shape index (κ2) is 4.25. The van der Waals surface area contributed by atoms with Gasteiger partial charge in [-0.25, -0.2) is 4.98 Å². The van der Waals surface area contributed by atoms with Crippen LogP contribution in [0.1, 0.15) is 23.2 Å². The lowest BCUT2D eigenvalue weighted by Gasteiger charge is -2.04. The van der Waals surface area contributed by atoms with Crippen LogP contribution < -0.4 is 0 Å². The second-order valence-electron chi connectivity index (χ2n) is 4.49. The van der Waals surface area contributed by atoms with Gasteiger partial charge in [-0.1, -0.05) is 37.3 Å². The van der Waals surface area contributed by atoms with Crippen LogP contribution in [0, 0.1) is 13.8 Å². The summed E-state index contributed by atoms with van der Waals surface area (Å²) in [6, 6.07) is 10.6. The fraction of sp³-hybridized carbons (Fsp3) is 0.267. The topological polar surface area (TPSA) is 17.3 Å². The normalized spacial score (nSPS) is 11.3. The van der Waals surface area contributed by atoms with Gasteiger partial charge in [-0.15, -0.1) is 11.3 Å². The van der Waals surface area contributed by atoms with Gasteiger partial charge in [-0.05, 0) is 20.3 Å². The van der Waals surface area contributed by atoms with E-state index < -0.39 is 0 Å². The molecule has 0 saturated heterocycles. The molecule has 0 amide bonds. The van der Waals surface area contributed by atoms with E-state index in [1.807, 2.05) is 0 Å². The average Bonchev–Trinajstić information content (AvgIpc) is 2.88. The van der Waals surface area contributed by atoms with E-state index in [2.05, 4.69) is 55.5 Å². The molecule has 0 atom stereocenters. The summed E-state index contributed by atoms with van der Waals surface area (Å²) >= 11 is 1.78. The standard InChI is InChI=1S/C15H16N2S/c1-4-13-14(12-8-6-5-7-9-12)17-10(2)11(3)18-15(17)16-13/h5-9H,4H2,1-3H3. The molecule has 3 heteroatoms. The van der Waals surface area contributed by atoms with Crippen LogP contribution in [-0.2, 0) is 6.42 Å². The lowest BCUT2D eigenvalue weighted by molar-refractivity contribution is 1.06. The first-order valence-corrected chi connectivity index (χ1v) is 7.06. The highest BCUT2D eigenvalue weighted by Crippen LogP contribution is 2.31. The number of rotatable bonds is 2. The second-order valence-corrected chi connectivity index (χ2v) is 5.67. The molecule has 0 radical (unpaired) electrons. The van der Waals surface area contributed by atoms with Crippen LogP contribution in [0.25, 0.3) is 16.2 Å². The van der Waals surface area contributed by atoms with Gasteiger partial charge in [0.15, 0.2) is 4.96 Å². The highest BCUT2D eigenvalue weighted by atomic mass is 32.1. The molecule has 92 valence electrons. The van der Waals surface area contributed by atoms with Crippen molar-refractivity contribution < 1.29 is 0 Å². The molecule has 0 saturated carbocycles. The Morgan fingerprint density at radius 3 is 2.56 bits per heavy atom. The highest BCUT2D eigenvalue weighted by Gasteiger charge is 2.16. The molecule has 2 aromatic heterocycles. The lowest BCUT2D eigenvalue weighted by Crippen LogP contribution is -1.92. The number of benzene rings is 1. The van der Waals surface area contributed by atoms with E-state index in [4.69, 9.17) is 4.98 Å². The molecule has 18 heavy (non-hydrogen) atoms. The van der Waals surface area contributed by atoms with E-state index in [1.165, 1.54) is 27.5 Å². The van der Waals surface area contributed by atoms with Crippen LogP contribution in [-0.4, -0.2) is 9.38 Å². The van der Waals surface area contributed by atoms with Crippen molar-refractivity contribution in [3.63, 3.8) is 0 Å². The quantitative estimate of drug-likeness (QED) is 0.670. The lowest BCUT2D eigenvalue weighted by atomic mass is 10.1. The summed E-state index contributed by atoms with van der Waals surface area (Å²) in [5, 5.41) is 0. The molecule has 0 aliphatic carbocycles. The van der Waals surface area contributed by atoms with Crippen LogP contribution in [0.5, 0.6) is 0 Å². The van der Waals surface area contributed by atoms with Crippen molar-refractivity contribution in [2.75, 3.05) is 0 Å². The van der Waals surface area contributed by atoms with Crippen molar-refractivity contribution in [2.24, 2.45) is 0 Å². The minimum Gasteiger partial charge on any atom is -0.287 e. The van der Waals surface area contributed by atoms with Crippen LogP contribution in [0.4, 0.5) is 0 Å². The van der Waals surface area contributed by atoms with Crippen LogP contribution >= 0.6 is 11.3 Å². The molecule has 0 aliphatic rings. The Kier molecular flexibility index (Phi) is 2.71. The van der Waals surface area contributed by atoms with E-state index in [1.54, 1.807) is 11.3 Å². The zero-order valence-corrected chi connectivity index (χ0v) is 11.7. The van der Waals surface area contributed by atoms with Gasteiger partial charge in [-0.3, -0.25) is 4.40 Å². The minimum absolute atomic E-state index is 0.969. The summed E-state index contributed by atoms with van der Waals surface area (Å²) in [7, 11) is 0. The maximum absolute atomic E-state index is 4.77. The molecule has 2 heterocycles. The Balaban J connectivity index is 2.38. The predicted molar refractivity (Wildman–Crippen MR) is 77.4 cm³/mol. The molecule has 0 bridgehead atoms. The highest BCUT2D eigenvalue weighted by molar-refractivity contribution is 7.17. The molecular weight excluding hydrogens is 240 g/mol.